The maximum atomic E-state index is 13.0. The predicted molar refractivity (Wildman–Crippen MR) is 114 cm³/mol. The van der Waals surface area contributed by atoms with Gasteiger partial charge in [-0.1, -0.05) is 18.2 Å². The molecule has 0 aliphatic carbocycles. The lowest BCUT2D eigenvalue weighted by Crippen LogP contribution is -2.34. The summed E-state index contributed by atoms with van der Waals surface area (Å²) >= 11 is 1.29. The van der Waals surface area contributed by atoms with Gasteiger partial charge in [-0.2, -0.15) is 5.10 Å². The number of carbonyl (C=O) groups is 3. The zero-order valence-corrected chi connectivity index (χ0v) is 17.5. The molecule has 4 rings (SSSR count). The van der Waals surface area contributed by atoms with Gasteiger partial charge in [0, 0.05) is 18.3 Å². The third-order valence-electron chi connectivity index (χ3n) is 5.23. The summed E-state index contributed by atoms with van der Waals surface area (Å²) in [5, 5.41) is 7.57. The van der Waals surface area contributed by atoms with Crippen molar-refractivity contribution >= 4 is 34.1 Å². The van der Waals surface area contributed by atoms with Crippen LogP contribution in [0, 0.1) is 6.92 Å². The molecule has 1 aromatic carbocycles. The fourth-order valence-corrected chi connectivity index (χ4v) is 4.92. The number of para-hydroxylation sites is 1. The van der Waals surface area contributed by atoms with Crippen molar-refractivity contribution in [2.24, 2.45) is 5.73 Å². The second-order valence-corrected chi connectivity index (χ2v) is 8.21. The van der Waals surface area contributed by atoms with E-state index < -0.39 is 5.91 Å². The van der Waals surface area contributed by atoms with Crippen molar-refractivity contribution in [2.45, 2.75) is 26.8 Å². The van der Waals surface area contributed by atoms with Gasteiger partial charge in [-0.3, -0.25) is 14.4 Å². The third-order valence-corrected chi connectivity index (χ3v) is 6.36. The normalized spacial score (nSPS) is 13.1. The number of nitrogens with one attached hydrogen (secondary N) is 1. The topological polar surface area (TPSA) is 110 Å². The van der Waals surface area contributed by atoms with Crippen LogP contribution in [0.2, 0.25) is 0 Å². The van der Waals surface area contributed by atoms with Gasteiger partial charge in [-0.15, -0.1) is 11.3 Å². The number of hydrogen-bond acceptors (Lipinski definition) is 5. The number of thiophene rings is 1. The van der Waals surface area contributed by atoms with Gasteiger partial charge < -0.3 is 16.0 Å². The standard InChI is InChI=1S/C21H21N5O3S/c1-12-16(10-23-26(12)14-6-4-3-5-7-14)20(29)24-21-18(19(22)28)15-8-9-25(13(2)27)11-17(15)30-21/h3-7,10H,8-9,11H2,1-2H3,(H2,22,28)(H,24,29). The van der Waals surface area contributed by atoms with Gasteiger partial charge in [-0.25, -0.2) is 4.68 Å². The molecule has 1 aliphatic rings. The van der Waals surface area contributed by atoms with Crippen molar-refractivity contribution in [3.05, 3.63) is 63.8 Å². The first-order valence-corrected chi connectivity index (χ1v) is 10.3. The van der Waals surface area contributed by atoms with Gasteiger partial charge >= 0.3 is 0 Å². The Morgan fingerprint density at radius 1 is 1.20 bits per heavy atom. The van der Waals surface area contributed by atoms with Crippen LogP contribution in [0.25, 0.3) is 5.69 Å². The summed E-state index contributed by atoms with van der Waals surface area (Å²) in [6.07, 6.45) is 2.04. The van der Waals surface area contributed by atoms with Gasteiger partial charge in [0.1, 0.15) is 5.00 Å². The molecule has 1 aliphatic heterocycles. The molecule has 2 aromatic heterocycles. The summed E-state index contributed by atoms with van der Waals surface area (Å²) in [4.78, 5) is 39.4. The average molecular weight is 423 g/mol. The minimum absolute atomic E-state index is 0.0239. The molecule has 0 atom stereocenters. The smallest absolute Gasteiger partial charge is 0.259 e. The Bertz CT molecular complexity index is 1150. The highest BCUT2D eigenvalue weighted by molar-refractivity contribution is 7.17. The summed E-state index contributed by atoms with van der Waals surface area (Å²) in [7, 11) is 0. The number of fused-ring (bicyclic) bond motifs is 1. The fraction of sp³-hybridized carbons (Fsp3) is 0.238. The molecule has 0 radical (unpaired) electrons. The lowest BCUT2D eigenvalue weighted by atomic mass is 10.0. The van der Waals surface area contributed by atoms with E-state index in [1.807, 2.05) is 37.3 Å². The summed E-state index contributed by atoms with van der Waals surface area (Å²) < 4.78 is 1.69. The molecule has 154 valence electrons. The number of amides is 3. The minimum Gasteiger partial charge on any atom is -0.365 e. The maximum Gasteiger partial charge on any atom is 0.259 e. The fourth-order valence-electron chi connectivity index (χ4n) is 3.65. The second kappa shape index (κ2) is 7.75. The van der Waals surface area contributed by atoms with Crippen molar-refractivity contribution in [3.8, 4) is 5.69 Å². The first-order chi connectivity index (χ1) is 14.4. The highest BCUT2D eigenvalue weighted by Crippen LogP contribution is 2.37. The molecule has 0 fully saturated rings. The monoisotopic (exact) mass is 423 g/mol. The number of nitrogens with zero attached hydrogens (tertiary/aromatic N) is 3. The Kier molecular flexibility index (Phi) is 5.13. The summed E-state index contributed by atoms with van der Waals surface area (Å²) in [5.41, 5.74) is 8.71. The van der Waals surface area contributed by atoms with Crippen LogP contribution in [-0.2, 0) is 17.8 Å². The zero-order valence-electron chi connectivity index (χ0n) is 16.6. The van der Waals surface area contributed by atoms with E-state index in [0.29, 0.717) is 41.3 Å². The quantitative estimate of drug-likeness (QED) is 0.672. The first-order valence-electron chi connectivity index (χ1n) is 9.48. The van der Waals surface area contributed by atoms with Crippen LogP contribution in [-0.4, -0.2) is 38.9 Å². The number of hydrogen-bond donors (Lipinski definition) is 2. The molecule has 3 amide bonds. The lowest BCUT2D eigenvalue weighted by molar-refractivity contribution is -0.129. The number of anilines is 1. The average Bonchev–Trinajstić information content (AvgIpc) is 3.27. The lowest BCUT2D eigenvalue weighted by Gasteiger charge is -2.25. The molecule has 0 saturated heterocycles. The molecule has 0 bridgehead atoms. The Balaban J connectivity index is 1.64. The number of rotatable bonds is 4. The van der Waals surface area contributed by atoms with Crippen LogP contribution >= 0.6 is 11.3 Å². The Hall–Kier alpha value is -3.46. The molecular weight excluding hydrogens is 402 g/mol. The molecule has 30 heavy (non-hydrogen) atoms. The molecule has 0 saturated carbocycles. The summed E-state index contributed by atoms with van der Waals surface area (Å²) in [6.45, 7) is 4.27. The minimum atomic E-state index is -0.587. The largest absolute Gasteiger partial charge is 0.365 e. The van der Waals surface area contributed by atoms with E-state index in [2.05, 4.69) is 10.4 Å². The van der Waals surface area contributed by atoms with E-state index in [1.54, 1.807) is 9.58 Å². The van der Waals surface area contributed by atoms with E-state index in [1.165, 1.54) is 24.5 Å². The van der Waals surface area contributed by atoms with E-state index >= 15 is 0 Å². The van der Waals surface area contributed by atoms with Gasteiger partial charge in [-0.05, 0) is 31.0 Å². The van der Waals surface area contributed by atoms with E-state index in [0.717, 1.165) is 16.1 Å². The summed E-state index contributed by atoms with van der Waals surface area (Å²) in [5.74, 6) is -0.973. The van der Waals surface area contributed by atoms with Gasteiger partial charge in [0.15, 0.2) is 0 Å². The zero-order chi connectivity index (χ0) is 21.4. The Morgan fingerprint density at radius 3 is 2.60 bits per heavy atom. The van der Waals surface area contributed by atoms with Crippen molar-refractivity contribution < 1.29 is 14.4 Å². The van der Waals surface area contributed by atoms with Gasteiger partial charge in [0.2, 0.25) is 5.91 Å². The SMILES string of the molecule is CC(=O)N1CCc2c(sc(NC(=O)c3cnn(-c4ccccc4)c3C)c2C(N)=O)C1. The highest BCUT2D eigenvalue weighted by atomic mass is 32.1. The van der Waals surface area contributed by atoms with Crippen LogP contribution in [0.4, 0.5) is 5.00 Å². The Morgan fingerprint density at radius 2 is 1.93 bits per heavy atom. The van der Waals surface area contributed by atoms with Gasteiger partial charge in [0.05, 0.1) is 35.2 Å². The molecule has 3 N–H and O–H groups in total. The molecule has 9 heteroatoms. The van der Waals surface area contributed by atoms with Crippen molar-refractivity contribution in [1.29, 1.82) is 0 Å². The molecule has 0 unspecified atom stereocenters. The number of aromatic nitrogens is 2. The van der Waals surface area contributed by atoms with Gasteiger partial charge in [0.25, 0.3) is 11.8 Å². The van der Waals surface area contributed by atoms with Crippen LogP contribution < -0.4 is 11.1 Å². The molecule has 3 aromatic rings. The maximum absolute atomic E-state index is 13.0. The number of benzene rings is 1. The molecular formula is C21H21N5O3S. The molecule has 8 nitrogen and oxygen atoms in total. The van der Waals surface area contributed by atoms with Crippen molar-refractivity contribution in [1.82, 2.24) is 14.7 Å². The second-order valence-electron chi connectivity index (χ2n) is 7.11. The van der Waals surface area contributed by atoms with E-state index in [4.69, 9.17) is 5.73 Å². The third kappa shape index (κ3) is 3.48. The number of primary amides is 1. The Labute approximate surface area is 177 Å². The molecule has 3 heterocycles. The first kappa shape index (κ1) is 19.8. The van der Waals surface area contributed by atoms with Crippen LogP contribution in [0.3, 0.4) is 0 Å². The van der Waals surface area contributed by atoms with Crippen LogP contribution in [0.5, 0.6) is 0 Å². The molecule has 0 spiro atoms. The van der Waals surface area contributed by atoms with Crippen molar-refractivity contribution in [3.63, 3.8) is 0 Å². The van der Waals surface area contributed by atoms with Crippen molar-refractivity contribution in [2.75, 3.05) is 11.9 Å². The van der Waals surface area contributed by atoms with E-state index in [-0.39, 0.29) is 11.8 Å². The van der Waals surface area contributed by atoms with E-state index in [9.17, 15) is 14.4 Å². The van der Waals surface area contributed by atoms with Crippen LogP contribution in [0.1, 0.15) is 43.8 Å². The predicted octanol–water partition coefficient (Wildman–Crippen LogP) is 2.50. The van der Waals surface area contributed by atoms with Crippen LogP contribution in [0.15, 0.2) is 36.5 Å². The summed E-state index contributed by atoms with van der Waals surface area (Å²) in [6, 6.07) is 9.51. The number of nitrogens with two attached hydrogens (primary N) is 1. The number of carbonyl (C=O) groups excluding carboxylic acids is 3. The highest BCUT2D eigenvalue weighted by Gasteiger charge is 2.29.